The molecule has 0 saturated heterocycles. The lowest BCUT2D eigenvalue weighted by Crippen LogP contribution is -2.47. The third-order valence-electron chi connectivity index (χ3n) is 4.05. The van der Waals surface area contributed by atoms with E-state index in [-0.39, 0.29) is 5.91 Å². The number of carbonyl (C=O) groups is 2. The molecular formula is C21H24N4O3. The lowest BCUT2D eigenvalue weighted by molar-refractivity contribution is -0.118. The van der Waals surface area contributed by atoms with Gasteiger partial charge in [-0.1, -0.05) is 18.2 Å². The number of pyridine rings is 1. The van der Waals surface area contributed by atoms with Crippen LogP contribution < -0.4 is 10.6 Å². The number of carbonyl (C=O) groups excluding carboxylic acids is 2. The number of para-hydroxylation sites is 1. The third kappa shape index (κ3) is 5.09. The van der Waals surface area contributed by atoms with E-state index in [9.17, 15) is 9.59 Å². The van der Waals surface area contributed by atoms with E-state index in [2.05, 4.69) is 20.6 Å². The largest absolute Gasteiger partial charge is 0.444 e. The molecule has 0 aliphatic carbocycles. The fraction of sp³-hybridized carbons (Fsp3) is 0.286. The van der Waals surface area contributed by atoms with Crippen LogP contribution in [0.15, 0.2) is 55.0 Å². The van der Waals surface area contributed by atoms with Gasteiger partial charge in [0.2, 0.25) is 5.91 Å². The molecule has 3 N–H and O–H groups in total. The lowest BCUT2D eigenvalue weighted by Gasteiger charge is -2.23. The van der Waals surface area contributed by atoms with Gasteiger partial charge in [0.25, 0.3) is 0 Å². The highest BCUT2D eigenvalue weighted by molar-refractivity contribution is 5.97. The highest BCUT2D eigenvalue weighted by Crippen LogP contribution is 2.20. The van der Waals surface area contributed by atoms with Crippen LogP contribution in [0.25, 0.3) is 10.9 Å². The van der Waals surface area contributed by atoms with Gasteiger partial charge in [-0.05, 0) is 44.5 Å². The Morgan fingerprint density at radius 3 is 2.57 bits per heavy atom. The van der Waals surface area contributed by atoms with E-state index in [0.29, 0.717) is 12.1 Å². The molecule has 0 saturated carbocycles. The normalized spacial score (nSPS) is 12.4. The molecule has 0 radical (unpaired) electrons. The summed E-state index contributed by atoms with van der Waals surface area (Å²) in [5, 5.41) is 6.51. The van der Waals surface area contributed by atoms with Gasteiger partial charge in [-0.2, -0.15) is 0 Å². The van der Waals surface area contributed by atoms with Crippen LogP contribution in [0.5, 0.6) is 0 Å². The second kappa shape index (κ2) is 8.12. The molecule has 3 rings (SSSR count). The van der Waals surface area contributed by atoms with Crippen LogP contribution in [0.4, 0.5) is 10.5 Å². The van der Waals surface area contributed by atoms with E-state index in [4.69, 9.17) is 4.74 Å². The lowest BCUT2D eigenvalue weighted by atomic mass is 10.0. The number of alkyl carbamates (subject to hydrolysis) is 1. The number of benzene rings is 1. The predicted octanol–water partition coefficient (Wildman–Crippen LogP) is 3.64. The van der Waals surface area contributed by atoms with E-state index in [1.54, 1.807) is 45.3 Å². The number of fused-ring (bicyclic) bond motifs is 1. The molecule has 146 valence electrons. The van der Waals surface area contributed by atoms with Crippen molar-refractivity contribution in [3.8, 4) is 0 Å². The van der Waals surface area contributed by atoms with Crippen molar-refractivity contribution in [2.24, 2.45) is 0 Å². The zero-order valence-electron chi connectivity index (χ0n) is 16.2. The molecule has 0 unspecified atom stereocenters. The maximum absolute atomic E-state index is 12.9. The molecule has 7 heteroatoms. The van der Waals surface area contributed by atoms with Gasteiger partial charge < -0.3 is 20.4 Å². The molecule has 2 aromatic heterocycles. The molecule has 0 spiro atoms. The van der Waals surface area contributed by atoms with Crippen LogP contribution in [0.3, 0.4) is 0 Å². The van der Waals surface area contributed by atoms with Crippen LogP contribution in [0.2, 0.25) is 0 Å². The maximum atomic E-state index is 12.9. The summed E-state index contributed by atoms with van der Waals surface area (Å²) in [6, 6.07) is 10.4. The Morgan fingerprint density at radius 2 is 1.86 bits per heavy atom. The first-order valence-corrected chi connectivity index (χ1v) is 9.07. The number of H-pyrrole nitrogens is 1. The standard InChI is InChI=1S/C21H24N4O3/c1-21(2,3)28-20(27)25-18(19(26)24-15-8-10-22-11-9-15)12-14-13-23-17-7-5-4-6-16(14)17/h4-11,13,18,23H,12H2,1-3H3,(H,25,27)(H,22,24,26)/t18-/m1/s1. The van der Waals surface area contributed by atoms with Crippen LogP contribution in [-0.4, -0.2) is 33.6 Å². The van der Waals surface area contributed by atoms with Gasteiger partial charge in [0.05, 0.1) is 0 Å². The number of aromatic nitrogens is 2. The summed E-state index contributed by atoms with van der Waals surface area (Å²) in [5.74, 6) is -0.331. The number of amides is 2. The Labute approximate surface area is 163 Å². The minimum absolute atomic E-state index is 0.320. The number of aromatic amines is 1. The maximum Gasteiger partial charge on any atom is 0.408 e. The average Bonchev–Trinajstić information content (AvgIpc) is 3.03. The van der Waals surface area contributed by atoms with E-state index in [0.717, 1.165) is 16.5 Å². The molecule has 0 fully saturated rings. The van der Waals surface area contributed by atoms with Gasteiger partial charge in [0.1, 0.15) is 11.6 Å². The Morgan fingerprint density at radius 1 is 1.14 bits per heavy atom. The molecule has 0 aliphatic rings. The van der Waals surface area contributed by atoms with E-state index < -0.39 is 17.7 Å². The number of nitrogens with zero attached hydrogens (tertiary/aromatic N) is 1. The molecule has 7 nitrogen and oxygen atoms in total. The van der Waals surface area contributed by atoms with Crippen molar-refractivity contribution in [1.82, 2.24) is 15.3 Å². The smallest absolute Gasteiger partial charge is 0.408 e. The molecular weight excluding hydrogens is 356 g/mol. The number of nitrogens with one attached hydrogen (secondary N) is 3. The molecule has 2 heterocycles. The number of hydrogen-bond donors (Lipinski definition) is 3. The zero-order valence-corrected chi connectivity index (χ0v) is 16.2. The minimum Gasteiger partial charge on any atom is -0.444 e. The summed E-state index contributed by atoms with van der Waals surface area (Å²) in [5.41, 5.74) is 1.86. The number of hydrogen-bond acceptors (Lipinski definition) is 4. The first-order valence-electron chi connectivity index (χ1n) is 9.07. The van der Waals surface area contributed by atoms with Gasteiger partial charge in [0, 0.05) is 41.6 Å². The topological polar surface area (TPSA) is 96.1 Å². The van der Waals surface area contributed by atoms with E-state index in [1.807, 2.05) is 30.5 Å². The zero-order chi connectivity index (χ0) is 20.1. The van der Waals surface area contributed by atoms with Gasteiger partial charge in [-0.3, -0.25) is 9.78 Å². The number of ether oxygens (including phenoxy) is 1. The Hall–Kier alpha value is -3.35. The van der Waals surface area contributed by atoms with Crippen LogP contribution in [0, 0.1) is 0 Å². The van der Waals surface area contributed by atoms with Gasteiger partial charge in [0.15, 0.2) is 0 Å². The van der Waals surface area contributed by atoms with E-state index in [1.165, 1.54) is 0 Å². The summed E-state index contributed by atoms with van der Waals surface area (Å²) >= 11 is 0. The van der Waals surface area contributed by atoms with Crippen molar-refractivity contribution < 1.29 is 14.3 Å². The van der Waals surface area contributed by atoms with E-state index >= 15 is 0 Å². The summed E-state index contributed by atoms with van der Waals surface area (Å²) in [6.45, 7) is 5.33. The molecule has 3 aromatic rings. The molecule has 1 atom stereocenters. The van der Waals surface area contributed by atoms with Crippen molar-refractivity contribution >= 4 is 28.6 Å². The van der Waals surface area contributed by atoms with Gasteiger partial charge >= 0.3 is 6.09 Å². The first-order chi connectivity index (χ1) is 13.3. The first kappa shape index (κ1) is 19.4. The second-order valence-corrected chi connectivity index (χ2v) is 7.49. The molecule has 28 heavy (non-hydrogen) atoms. The summed E-state index contributed by atoms with van der Waals surface area (Å²) < 4.78 is 5.33. The fourth-order valence-electron chi connectivity index (χ4n) is 2.84. The Balaban J connectivity index is 1.81. The molecule has 0 aliphatic heterocycles. The van der Waals surface area contributed by atoms with Crippen molar-refractivity contribution in [2.75, 3.05) is 5.32 Å². The molecule has 2 amide bonds. The van der Waals surface area contributed by atoms with Crippen molar-refractivity contribution in [3.05, 3.63) is 60.6 Å². The second-order valence-electron chi connectivity index (χ2n) is 7.49. The summed E-state index contributed by atoms with van der Waals surface area (Å²) in [6.07, 6.45) is 4.72. The monoisotopic (exact) mass is 380 g/mol. The molecule has 1 aromatic carbocycles. The van der Waals surface area contributed by atoms with Crippen LogP contribution >= 0.6 is 0 Å². The van der Waals surface area contributed by atoms with Crippen LogP contribution in [-0.2, 0) is 16.0 Å². The molecule has 0 bridgehead atoms. The van der Waals surface area contributed by atoms with Gasteiger partial charge in [-0.15, -0.1) is 0 Å². The Kier molecular flexibility index (Phi) is 5.63. The van der Waals surface area contributed by atoms with Crippen molar-refractivity contribution in [1.29, 1.82) is 0 Å². The highest BCUT2D eigenvalue weighted by Gasteiger charge is 2.25. The van der Waals surface area contributed by atoms with Crippen molar-refractivity contribution in [3.63, 3.8) is 0 Å². The summed E-state index contributed by atoms with van der Waals surface area (Å²) in [7, 11) is 0. The SMILES string of the molecule is CC(C)(C)OC(=O)N[C@H](Cc1c[nH]c2ccccc12)C(=O)Nc1ccncc1. The van der Waals surface area contributed by atoms with Gasteiger partial charge in [-0.25, -0.2) is 4.79 Å². The van der Waals surface area contributed by atoms with Crippen LogP contribution in [0.1, 0.15) is 26.3 Å². The third-order valence-corrected chi connectivity index (χ3v) is 4.05. The average molecular weight is 380 g/mol. The summed E-state index contributed by atoms with van der Waals surface area (Å²) in [4.78, 5) is 32.3. The fourth-order valence-corrected chi connectivity index (χ4v) is 2.84. The highest BCUT2D eigenvalue weighted by atomic mass is 16.6. The minimum atomic E-state index is -0.803. The predicted molar refractivity (Wildman–Crippen MR) is 108 cm³/mol. The number of rotatable bonds is 5. The quantitative estimate of drug-likeness (QED) is 0.630. The van der Waals surface area contributed by atoms with Crippen molar-refractivity contribution in [2.45, 2.75) is 38.8 Å². The number of anilines is 1. The Bertz CT molecular complexity index is 960.